The van der Waals surface area contributed by atoms with Gasteiger partial charge in [-0.15, -0.1) is 0 Å². The Morgan fingerprint density at radius 3 is 2.37 bits per heavy atom. The lowest BCUT2D eigenvalue weighted by atomic mass is 9.83. The summed E-state index contributed by atoms with van der Waals surface area (Å²) in [5, 5.41) is 14.8. The van der Waals surface area contributed by atoms with E-state index in [1.54, 1.807) is 0 Å². The van der Waals surface area contributed by atoms with Gasteiger partial charge in [0, 0.05) is 31.2 Å². The molecule has 2 rings (SSSR count). The zero-order valence-corrected chi connectivity index (χ0v) is 16.8. The number of aliphatic hydroxyl groups is 1. The average molecular weight is 422 g/mol. The molecule has 1 aliphatic rings. The van der Waals surface area contributed by atoms with E-state index in [0.717, 1.165) is 12.8 Å². The first-order valence-corrected chi connectivity index (χ1v) is 10.1. The number of nitrogens with one attached hydrogen (secondary N) is 3. The molecule has 1 aromatic rings. The van der Waals surface area contributed by atoms with Crippen LogP contribution in [0.25, 0.3) is 0 Å². The third-order valence-electron chi connectivity index (χ3n) is 5.27. The molecule has 11 heteroatoms. The number of imidazole rings is 1. The standard InChI is InChI=1S/C19H30N6O5/c20-16(27)5-6-17(28)24-15(8-12-9-22-10-23-12)19(30)25-14(18(21)29)7-11-1-3-13(26)4-2-11/h9-11,13-15,26H,1-8H2,(H2,20,27)(H2,21,29)(H,22,23)(H,24,28)(H,25,30)/t11?,13?,14-,15-/m1/s1. The number of nitrogens with two attached hydrogens (primary N) is 2. The zero-order chi connectivity index (χ0) is 22.1. The van der Waals surface area contributed by atoms with Gasteiger partial charge in [-0.05, 0) is 38.0 Å². The largest absolute Gasteiger partial charge is 0.393 e. The van der Waals surface area contributed by atoms with Crippen LogP contribution in [-0.4, -0.2) is 56.9 Å². The molecule has 8 N–H and O–H groups in total. The first kappa shape index (κ1) is 23.3. The lowest BCUT2D eigenvalue weighted by Gasteiger charge is -2.29. The van der Waals surface area contributed by atoms with Gasteiger partial charge in [-0.2, -0.15) is 0 Å². The summed E-state index contributed by atoms with van der Waals surface area (Å²) in [5.41, 5.74) is 11.2. The minimum Gasteiger partial charge on any atom is -0.393 e. The Hall–Kier alpha value is -2.95. The highest BCUT2D eigenvalue weighted by Gasteiger charge is 2.29. The van der Waals surface area contributed by atoms with E-state index in [9.17, 15) is 24.3 Å². The summed E-state index contributed by atoms with van der Waals surface area (Å²) in [6.45, 7) is 0. The smallest absolute Gasteiger partial charge is 0.243 e. The maximum atomic E-state index is 12.9. The number of aliphatic hydroxyl groups excluding tert-OH is 1. The number of hydrogen-bond donors (Lipinski definition) is 6. The predicted octanol–water partition coefficient (Wildman–Crippen LogP) is -1.39. The second-order valence-corrected chi connectivity index (χ2v) is 7.74. The van der Waals surface area contributed by atoms with E-state index in [2.05, 4.69) is 20.6 Å². The Bertz CT molecular complexity index is 730. The van der Waals surface area contributed by atoms with Gasteiger partial charge in [-0.1, -0.05) is 0 Å². The Morgan fingerprint density at radius 1 is 1.10 bits per heavy atom. The number of H-pyrrole nitrogens is 1. The summed E-state index contributed by atoms with van der Waals surface area (Å²) in [6, 6.07) is -1.87. The van der Waals surface area contributed by atoms with E-state index in [1.807, 2.05) is 0 Å². The molecular formula is C19H30N6O5. The molecule has 30 heavy (non-hydrogen) atoms. The highest BCUT2D eigenvalue weighted by molar-refractivity contribution is 5.92. The van der Waals surface area contributed by atoms with Crippen LogP contribution < -0.4 is 22.1 Å². The van der Waals surface area contributed by atoms with Crippen LogP contribution >= 0.6 is 0 Å². The number of aromatic nitrogens is 2. The van der Waals surface area contributed by atoms with Crippen LogP contribution in [0.3, 0.4) is 0 Å². The fourth-order valence-corrected chi connectivity index (χ4v) is 3.56. The molecule has 1 aromatic heterocycles. The number of primary amides is 2. The molecule has 11 nitrogen and oxygen atoms in total. The van der Waals surface area contributed by atoms with E-state index in [4.69, 9.17) is 11.5 Å². The van der Waals surface area contributed by atoms with E-state index >= 15 is 0 Å². The summed E-state index contributed by atoms with van der Waals surface area (Å²) >= 11 is 0. The molecule has 166 valence electrons. The maximum Gasteiger partial charge on any atom is 0.243 e. The molecule has 0 aliphatic heterocycles. The van der Waals surface area contributed by atoms with Crippen molar-refractivity contribution < 1.29 is 24.3 Å². The van der Waals surface area contributed by atoms with Crippen molar-refractivity contribution in [3.63, 3.8) is 0 Å². The SMILES string of the molecule is NC(=O)CCC(=O)N[C@H](Cc1cnc[nH]1)C(=O)N[C@H](CC1CCC(O)CC1)C(N)=O. The van der Waals surface area contributed by atoms with Gasteiger partial charge < -0.3 is 32.2 Å². The van der Waals surface area contributed by atoms with Crippen LogP contribution in [-0.2, 0) is 25.6 Å². The highest BCUT2D eigenvalue weighted by Crippen LogP contribution is 2.27. The number of carbonyl (C=O) groups is 4. The topological polar surface area (TPSA) is 193 Å². The van der Waals surface area contributed by atoms with Crippen molar-refractivity contribution >= 4 is 23.6 Å². The Kier molecular flexibility index (Phi) is 8.78. The van der Waals surface area contributed by atoms with Crippen LogP contribution in [0.1, 0.15) is 50.6 Å². The van der Waals surface area contributed by atoms with Gasteiger partial charge >= 0.3 is 0 Å². The molecule has 1 fully saturated rings. The second kappa shape index (κ2) is 11.3. The van der Waals surface area contributed by atoms with E-state index in [1.165, 1.54) is 12.5 Å². The number of hydrogen-bond acceptors (Lipinski definition) is 6. The predicted molar refractivity (Wildman–Crippen MR) is 106 cm³/mol. The normalized spacial score (nSPS) is 20.7. The van der Waals surface area contributed by atoms with Gasteiger partial charge in [-0.25, -0.2) is 4.98 Å². The third-order valence-corrected chi connectivity index (χ3v) is 5.27. The molecule has 0 aromatic carbocycles. The zero-order valence-electron chi connectivity index (χ0n) is 16.8. The van der Waals surface area contributed by atoms with Gasteiger partial charge in [0.25, 0.3) is 0 Å². The van der Waals surface area contributed by atoms with Crippen molar-refractivity contribution in [2.45, 2.75) is 69.6 Å². The van der Waals surface area contributed by atoms with Crippen molar-refractivity contribution in [1.82, 2.24) is 20.6 Å². The summed E-state index contributed by atoms with van der Waals surface area (Å²) < 4.78 is 0. The molecule has 0 unspecified atom stereocenters. The van der Waals surface area contributed by atoms with Crippen LogP contribution in [0.2, 0.25) is 0 Å². The Labute approximate surface area is 174 Å². The fraction of sp³-hybridized carbons (Fsp3) is 0.632. The first-order valence-electron chi connectivity index (χ1n) is 10.1. The maximum absolute atomic E-state index is 12.9. The molecule has 0 bridgehead atoms. The van der Waals surface area contributed by atoms with E-state index < -0.39 is 35.7 Å². The number of amides is 4. The molecule has 2 atom stereocenters. The minimum absolute atomic E-state index is 0.120. The lowest BCUT2D eigenvalue weighted by molar-refractivity contribution is -0.132. The highest BCUT2D eigenvalue weighted by atomic mass is 16.3. The van der Waals surface area contributed by atoms with Crippen LogP contribution in [0.15, 0.2) is 12.5 Å². The molecule has 1 aliphatic carbocycles. The van der Waals surface area contributed by atoms with Crippen LogP contribution in [0.5, 0.6) is 0 Å². The van der Waals surface area contributed by atoms with Gasteiger partial charge in [0.05, 0.1) is 12.4 Å². The van der Waals surface area contributed by atoms with Gasteiger partial charge in [0.2, 0.25) is 23.6 Å². The van der Waals surface area contributed by atoms with Crippen molar-refractivity contribution in [3.05, 3.63) is 18.2 Å². The van der Waals surface area contributed by atoms with Gasteiger partial charge in [0.1, 0.15) is 12.1 Å². The molecule has 4 amide bonds. The first-order chi connectivity index (χ1) is 14.2. The van der Waals surface area contributed by atoms with Gasteiger partial charge in [-0.3, -0.25) is 19.2 Å². The number of rotatable bonds is 11. The molecule has 1 heterocycles. The Balaban J connectivity index is 2.01. The summed E-state index contributed by atoms with van der Waals surface area (Å²) in [6.07, 6.45) is 5.67. The summed E-state index contributed by atoms with van der Waals surface area (Å²) in [7, 11) is 0. The van der Waals surface area contributed by atoms with Crippen LogP contribution in [0.4, 0.5) is 0 Å². The van der Waals surface area contributed by atoms with Gasteiger partial charge in [0.15, 0.2) is 0 Å². The fourth-order valence-electron chi connectivity index (χ4n) is 3.56. The number of aromatic amines is 1. The van der Waals surface area contributed by atoms with Crippen LogP contribution in [0, 0.1) is 5.92 Å². The van der Waals surface area contributed by atoms with Crippen molar-refractivity contribution in [2.24, 2.45) is 17.4 Å². The average Bonchev–Trinajstić information content (AvgIpc) is 3.20. The number of carbonyl (C=O) groups excluding carboxylic acids is 4. The molecule has 0 saturated heterocycles. The quantitative estimate of drug-likeness (QED) is 0.254. The van der Waals surface area contributed by atoms with Crippen molar-refractivity contribution in [2.75, 3.05) is 0 Å². The molecule has 1 saturated carbocycles. The number of nitrogens with zero attached hydrogens (tertiary/aromatic N) is 1. The summed E-state index contributed by atoms with van der Waals surface area (Å²) in [4.78, 5) is 54.5. The third kappa shape index (κ3) is 7.82. The molecule has 0 spiro atoms. The molecular weight excluding hydrogens is 392 g/mol. The van der Waals surface area contributed by atoms with Crippen molar-refractivity contribution in [1.29, 1.82) is 0 Å². The lowest BCUT2D eigenvalue weighted by Crippen LogP contribution is -2.54. The van der Waals surface area contributed by atoms with E-state index in [-0.39, 0.29) is 31.3 Å². The van der Waals surface area contributed by atoms with E-state index in [0.29, 0.717) is 25.0 Å². The summed E-state index contributed by atoms with van der Waals surface area (Å²) in [5.74, 6) is -2.18. The Morgan fingerprint density at radius 2 is 1.80 bits per heavy atom. The van der Waals surface area contributed by atoms with Crippen molar-refractivity contribution in [3.8, 4) is 0 Å². The molecule has 0 radical (unpaired) electrons. The minimum atomic E-state index is -0.985. The second-order valence-electron chi connectivity index (χ2n) is 7.74. The monoisotopic (exact) mass is 422 g/mol.